The Labute approximate surface area is 169 Å². The first-order valence-electron chi connectivity index (χ1n) is 11.2. The number of hydrogen-bond donors (Lipinski definition) is 0. The Balaban J connectivity index is 1.48. The van der Waals surface area contributed by atoms with Crippen LogP contribution >= 0.6 is 0 Å². The Morgan fingerprint density at radius 3 is 1.89 bits per heavy atom. The smallest absolute Gasteiger partial charge is 0.205 e. The van der Waals surface area contributed by atoms with Crippen LogP contribution in [-0.2, 0) is 0 Å². The molecule has 1 aliphatic carbocycles. The molecular formula is C26H34F2. The number of benzene rings is 2. The van der Waals surface area contributed by atoms with Gasteiger partial charge in [0, 0.05) is 5.56 Å². The molecule has 152 valence electrons. The summed E-state index contributed by atoms with van der Waals surface area (Å²) in [5, 5.41) is 0. The number of hydrogen-bond acceptors (Lipinski definition) is 0. The highest BCUT2D eigenvalue weighted by molar-refractivity contribution is 5.64. The van der Waals surface area contributed by atoms with Gasteiger partial charge in [-0.15, -0.1) is 0 Å². The number of alkyl halides is 2. The minimum absolute atomic E-state index is 0.0856. The Kier molecular flexibility index (Phi) is 8.06. The van der Waals surface area contributed by atoms with Crippen molar-refractivity contribution in [3.63, 3.8) is 0 Å². The summed E-state index contributed by atoms with van der Waals surface area (Å²) in [6.07, 6.45) is 11.3. The zero-order valence-corrected chi connectivity index (χ0v) is 17.2. The van der Waals surface area contributed by atoms with Gasteiger partial charge in [-0.25, -0.2) is 8.78 Å². The van der Waals surface area contributed by atoms with Gasteiger partial charge < -0.3 is 0 Å². The molecular weight excluding hydrogens is 350 g/mol. The summed E-state index contributed by atoms with van der Waals surface area (Å²) >= 11 is 0. The molecule has 0 nitrogen and oxygen atoms in total. The molecule has 3 rings (SSSR count). The molecule has 0 saturated heterocycles. The number of rotatable bonds is 9. The van der Waals surface area contributed by atoms with Gasteiger partial charge in [0.1, 0.15) is 0 Å². The lowest BCUT2D eigenvalue weighted by Gasteiger charge is -2.29. The number of unbranched alkanes of at least 4 members (excludes halogenated alkanes) is 4. The molecule has 0 unspecified atom stereocenters. The fourth-order valence-corrected chi connectivity index (χ4v) is 4.59. The highest BCUT2D eigenvalue weighted by Gasteiger charge is 2.22. The topological polar surface area (TPSA) is 0 Å². The number of halogens is 2. The predicted molar refractivity (Wildman–Crippen MR) is 115 cm³/mol. The van der Waals surface area contributed by atoms with E-state index in [1.54, 1.807) is 12.1 Å². The van der Waals surface area contributed by atoms with Crippen LogP contribution in [0.15, 0.2) is 48.5 Å². The average Bonchev–Trinajstić information content (AvgIpc) is 2.74. The van der Waals surface area contributed by atoms with Gasteiger partial charge in [0.05, 0.1) is 0 Å². The van der Waals surface area contributed by atoms with E-state index < -0.39 is 6.43 Å². The van der Waals surface area contributed by atoms with E-state index in [2.05, 4.69) is 31.2 Å². The fraction of sp³-hybridized carbons (Fsp3) is 0.538. The van der Waals surface area contributed by atoms with Crippen molar-refractivity contribution in [1.82, 2.24) is 0 Å². The maximum absolute atomic E-state index is 12.7. The summed E-state index contributed by atoms with van der Waals surface area (Å²) in [7, 11) is 0. The average molecular weight is 385 g/mol. The van der Waals surface area contributed by atoms with Gasteiger partial charge >= 0.3 is 0 Å². The Bertz CT molecular complexity index is 679. The molecule has 2 aromatic carbocycles. The van der Waals surface area contributed by atoms with Gasteiger partial charge in [-0.2, -0.15) is 0 Å². The van der Waals surface area contributed by atoms with E-state index in [9.17, 15) is 8.78 Å². The lowest BCUT2D eigenvalue weighted by molar-refractivity contribution is 0.151. The van der Waals surface area contributed by atoms with E-state index in [4.69, 9.17) is 0 Å². The zero-order valence-electron chi connectivity index (χ0n) is 17.2. The SMILES string of the molecule is CCCCCCCC1CCC(c2ccc(-c3ccc(C(F)F)cc3)cc2)CC1. The molecule has 0 aliphatic heterocycles. The third kappa shape index (κ3) is 5.90. The van der Waals surface area contributed by atoms with Crippen molar-refractivity contribution in [2.24, 2.45) is 5.92 Å². The van der Waals surface area contributed by atoms with E-state index in [0.717, 1.165) is 17.0 Å². The summed E-state index contributed by atoms with van der Waals surface area (Å²) in [5.74, 6) is 1.62. The monoisotopic (exact) mass is 384 g/mol. The largest absolute Gasteiger partial charge is 0.263 e. The van der Waals surface area contributed by atoms with Crippen LogP contribution in [0.25, 0.3) is 11.1 Å². The standard InChI is InChI=1S/C26H34F2/c1-2-3-4-5-6-7-20-8-10-21(11-9-20)22-12-14-23(15-13-22)24-16-18-25(19-17-24)26(27)28/h12-21,26H,2-11H2,1H3. The second-order valence-corrected chi connectivity index (χ2v) is 8.47. The van der Waals surface area contributed by atoms with E-state index >= 15 is 0 Å². The fourth-order valence-electron chi connectivity index (χ4n) is 4.59. The first-order chi connectivity index (χ1) is 13.7. The van der Waals surface area contributed by atoms with Crippen molar-refractivity contribution in [2.45, 2.75) is 83.5 Å². The molecule has 0 amide bonds. The summed E-state index contributed by atoms with van der Waals surface area (Å²) in [6, 6.07) is 15.4. The maximum Gasteiger partial charge on any atom is 0.263 e. The molecule has 1 saturated carbocycles. The van der Waals surface area contributed by atoms with E-state index in [1.807, 2.05) is 0 Å². The van der Waals surface area contributed by atoms with Crippen LogP contribution in [0.1, 0.15) is 94.6 Å². The molecule has 0 spiro atoms. The molecule has 1 fully saturated rings. The Morgan fingerprint density at radius 1 is 0.750 bits per heavy atom. The van der Waals surface area contributed by atoms with E-state index in [1.165, 1.54) is 81.9 Å². The molecule has 0 heterocycles. The molecule has 0 aromatic heterocycles. The summed E-state index contributed by atoms with van der Waals surface area (Å²) < 4.78 is 25.4. The maximum atomic E-state index is 12.7. The molecule has 0 radical (unpaired) electrons. The zero-order chi connectivity index (χ0) is 19.8. The summed E-state index contributed by atoms with van der Waals surface area (Å²) in [5.41, 5.74) is 3.63. The van der Waals surface area contributed by atoms with Crippen molar-refractivity contribution >= 4 is 0 Å². The Hall–Kier alpha value is -1.70. The second-order valence-electron chi connectivity index (χ2n) is 8.47. The van der Waals surface area contributed by atoms with Crippen LogP contribution in [0.4, 0.5) is 8.78 Å². The third-order valence-electron chi connectivity index (χ3n) is 6.44. The van der Waals surface area contributed by atoms with Crippen LogP contribution in [0.3, 0.4) is 0 Å². The van der Waals surface area contributed by atoms with Gasteiger partial charge in [0.2, 0.25) is 0 Å². The van der Waals surface area contributed by atoms with E-state index in [-0.39, 0.29) is 5.56 Å². The van der Waals surface area contributed by atoms with Crippen molar-refractivity contribution < 1.29 is 8.78 Å². The quantitative estimate of drug-likeness (QED) is 0.378. The lowest BCUT2D eigenvalue weighted by Crippen LogP contribution is -2.13. The highest BCUT2D eigenvalue weighted by Crippen LogP contribution is 2.38. The molecule has 0 atom stereocenters. The molecule has 1 aliphatic rings. The Morgan fingerprint density at radius 2 is 1.32 bits per heavy atom. The summed E-state index contributed by atoms with van der Waals surface area (Å²) in [4.78, 5) is 0. The normalized spacial score (nSPS) is 19.9. The third-order valence-corrected chi connectivity index (χ3v) is 6.44. The van der Waals surface area contributed by atoms with Crippen molar-refractivity contribution in [3.05, 3.63) is 59.7 Å². The van der Waals surface area contributed by atoms with Crippen LogP contribution in [0, 0.1) is 5.92 Å². The molecule has 0 N–H and O–H groups in total. The van der Waals surface area contributed by atoms with Crippen LogP contribution in [0.2, 0.25) is 0 Å². The van der Waals surface area contributed by atoms with Crippen LogP contribution < -0.4 is 0 Å². The highest BCUT2D eigenvalue weighted by atomic mass is 19.3. The van der Waals surface area contributed by atoms with Crippen LogP contribution in [0.5, 0.6) is 0 Å². The van der Waals surface area contributed by atoms with Gasteiger partial charge in [0.15, 0.2) is 0 Å². The minimum Gasteiger partial charge on any atom is -0.205 e. The van der Waals surface area contributed by atoms with Gasteiger partial charge in [0.25, 0.3) is 6.43 Å². The first-order valence-corrected chi connectivity index (χ1v) is 11.2. The molecule has 2 heteroatoms. The lowest BCUT2D eigenvalue weighted by atomic mass is 9.77. The van der Waals surface area contributed by atoms with Gasteiger partial charge in [-0.3, -0.25) is 0 Å². The van der Waals surface area contributed by atoms with Crippen molar-refractivity contribution in [2.75, 3.05) is 0 Å². The van der Waals surface area contributed by atoms with Crippen molar-refractivity contribution in [1.29, 1.82) is 0 Å². The minimum atomic E-state index is -2.40. The van der Waals surface area contributed by atoms with Crippen LogP contribution in [-0.4, -0.2) is 0 Å². The van der Waals surface area contributed by atoms with Crippen molar-refractivity contribution in [3.8, 4) is 11.1 Å². The molecule has 28 heavy (non-hydrogen) atoms. The van der Waals surface area contributed by atoms with Gasteiger partial charge in [-0.05, 0) is 54.2 Å². The molecule has 0 bridgehead atoms. The first kappa shape index (κ1) is 21.0. The van der Waals surface area contributed by atoms with E-state index in [0.29, 0.717) is 5.92 Å². The second kappa shape index (κ2) is 10.7. The summed E-state index contributed by atoms with van der Waals surface area (Å²) in [6.45, 7) is 2.27. The predicted octanol–water partition coefficient (Wildman–Crippen LogP) is 8.93. The van der Waals surface area contributed by atoms with Gasteiger partial charge in [-0.1, -0.05) is 94.0 Å². The molecule has 2 aromatic rings.